The highest BCUT2D eigenvalue weighted by Gasteiger charge is 2.46. The maximum Gasteiger partial charge on any atom is 0.323 e. The van der Waals surface area contributed by atoms with E-state index in [0.29, 0.717) is 18.8 Å². The van der Waals surface area contributed by atoms with E-state index in [-0.39, 0.29) is 19.2 Å². The lowest BCUT2D eigenvalue weighted by atomic mass is 9.88. The quantitative estimate of drug-likeness (QED) is 0.878. The highest BCUT2D eigenvalue weighted by Crippen LogP contribution is 2.31. The van der Waals surface area contributed by atoms with Gasteiger partial charge in [0.15, 0.2) is 0 Å². The number of pyridine rings is 1. The topological polar surface area (TPSA) is 91.8 Å². The van der Waals surface area contributed by atoms with Crippen LogP contribution >= 0.6 is 0 Å². The first-order valence-electron chi connectivity index (χ1n) is 8.31. The molecule has 1 saturated heterocycles. The molecule has 3 rings (SSSR count). The molecule has 0 bridgehead atoms. The van der Waals surface area contributed by atoms with Crippen molar-refractivity contribution in [3.8, 4) is 0 Å². The molecule has 0 saturated carbocycles. The summed E-state index contributed by atoms with van der Waals surface area (Å²) in [5, 5.41) is 12.3. The zero-order valence-corrected chi connectivity index (χ0v) is 13.9. The Bertz CT molecular complexity index is 649. The lowest BCUT2D eigenvalue weighted by Gasteiger charge is -2.24. The number of nitrogens with zero attached hydrogens (tertiary/aromatic N) is 2. The van der Waals surface area contributed by atoms with Crippen LogP contribution in [0.4, 0.5) is 10.6 Å². The molecule has 130 valence electrons. The third kappa shape index (κ3) is 3.21. The van der Waals surface area contributed by atoms with Gasteiger partial charge < -0.3 is 14.7 Å². The monoisotopic (exact) mass is 333 g/mol. The van der Waals surface area contributed by atoms with Gasteiger partial charge in [-0.2, -0.15) is 0 Å². The van der Waals surface area contributed by atoms with Gasteiger partial charge in [0.1, 0.15) is 11.2 Å². The summed E-state index contributed by atoms with van der Waals surface area (Å²) < 4.78 is 5.05. The number of methoxy groups -OCH3 is 1. The number of rotatable bonds is 4. The number of anilines is 1. The fourth-order valence-electron chi connectivity index (χ4n) is 3.52. The lowest BCUT2D eigenvalue weighted by Crippen LogP contribution is -2.41. The number of carbonyl (C=O) groups excluding carboxylic acids is 1. The number of likely N-dealkylation sites (tertiary alicyclic amines) is 1. The Morgan fingerprint density at radius 2 is 2.17 bits per heavy atom. The Morgan fingerprint density at radius 1 is 1.38 bits per heavy atom. The van der Waals surface area contributed by atoms with Crippen LogP contribution in [0.25, 0.3) is 0 Å². The fraction of sp³-hybridized carbons (Fsp3) is 0.588. The molecule has 1 aromatic rings. The molecule has 0 radical (unpaired) electrons. The van der Waals surface area contributed by atoms with E-state index in [2.05, 4.69) is 10.3 Å². The Kier molecular flexibility index (Phi) is 4.71. The van der Waals surface area contributed by atoms with Gasteiger partial charge in [-0.05, 0) is 43.7 Å². The van der Waals surface area contributed by atoms with Crippen molar-refractivity contribution in [1.29, 1.82) is 0 Å². The van der Waals surface area contributed by atoms with Crippen LogP contribution in [0.15, 0.2) is 12.1 Å². The number of nitrogens with one attached hydrogen (secondary N) is 1. The van der Waals surface area contributed by atoms with Crippen LogP contribution in [0.5, 0.6) is 0 Å². The fourth-order valence-corrected chi connectivity index (χ4v) is 3.52. The largest absolute Gasteiger partial charge is 0.481 e. The first-order valence-corrected chi connectivity index (χ1v) is 8.31. The minimum Gasteiger partial charge on any atom is -0.481 e. The van der Waals surface area contributed by atoms with Crippen molar-refractivity contribution in [3.05, 3.63) is 23.4 Å². The Morgan fingerprint density at radius 3 is 2.92 bits per heavy atom. The van der Waals surface area contributed by atoms with Gasteiger partial charge in [0, 0.05) is 25.9 Å². The molecule has 1 aliphatic carbocycles. The number of urea groups is 1. The predicted molar refractivity (Wildman–Crippen MR) is 88.0 cm³/mol. The summed E-state index contributed by atoms with van der Waals surface area (Å²) in [6.07, 6.45) is 4.69. The first kappa shape index (κ1) is 16.7. The van der Waals surface area contributed by atoms with Crippen molar-refractivity contribution in [2.24, 2.45) is 5.41 Å². The molecule has 1 aliphatic heterocycles. The molecule has 2 N–H and O–H groups in total. The number of aliphatic carboxylic acids is 1. The summed E-state index contributed by atoms with van der Waals surface area (Å²) in [5.74, 6) is -0.397. The second-order valence-electron chi connectivity index (χ2n) is 6.63. The molecule has 2 amide bonds. The standard InChI is InChI=1S/C17H23N3O4/c1-24-11-17(15(21)22)8-9-20(10-17)16(23)19-14-7-6-12-4-2-3-5-13(12)18-14/h6-7H,2-5,8-11H2,1H3,(H,21,22)(H,18,19,23). The minimum atomic E-state index is -1.02. The molecule has 1 aromatic heterocycles. The summed E-state index contributed by atoms with van der Waals surface area (Å²) in [7, 11) is 1.48. The van der Waals surface area contributed by atoms with Gasteiger partial charge in [-0.25, -0.2) is 9.78 Å². The van der Waals surface area contributed by atoms with E-state index >= 15 is 0 Å². The Labute approximate surface area is 141 Å². The molecular formula is C17H23N3O4. The van der Waals surface area contributed by atoms with Crippen LogP contribution in [0.2, 0.25) is 0 Å². The minimum absolute atomic E-state index is 0.100. The number of carboxylic acids is 1. The summed E-state index contributed by atoms with van der Waals surface area (Å²) >= 11 is 0. The summed E-state index contributed by atoms with van der Waals surface area (Å²) in [6.45, 7) is 0.641. The van der Waals surface area contributed by atoms with E-state index in [1.165, 1.54) is 24.0 Å². The van der Waals surface area contributed by atoms with Crippen LogP contribution in [0.1, 0.15) is 30.5 Å². The molecule has 24 heavy (non-hydrogen) atoms. The van der Waals surface area contributed by atoms with E-state index in [1.54, 1.807) is 0 Å². The number of hydrogen-bond acceptors (Lipinski definition) is 4. The molecule has 7 nitrogen and oxygen atoms in total. The van der Waals surface area contributed by atoms with Crippen LogP contribution in [-0.2, 0) is 22.4 Å². The maximum absolute atomic E-state index is 12.4. The number of hydrogen-bond donors (Lipinski definition) is 2. The number of fused-ring (bicyclic) bond motifs is 1. The van der Waals surface area contributed by atoms with Crippen LogP contribution < -0.4 is 5.32 Å². The molecule has 2 heterocycles. The van der Waals surface area contributed by atoms with Crippen molar-refractivity contribution in [2.45, 2.75) is 32.1 Å². The number of carboxylic acid groups (broad SMARTS) is 1. The van der Waals surface area contributed by atoms with Gasteiger partial charge in [-0.1, -0.05) is 6.07 Å². The first-order chi connectivity index (χ1) is 11.5. The third-order valence-corrected chi connectivity index (χ3v) is 4.93. The van der Waals surface area contributed by atoms with Gasteiger partial charge in [-0.15, -0.1) is 0 Å². The van der Waals surface area contributed by atoms with E-state index in [1.807, 2.05) is 12.1 Å². The molecule has 7 heteroatoms. The second-order valence-corrected chi connectivity index (χ2v) is 6.63. The smallest absolute Gasteiger partial charge is 0.323 e. The Balaban J connectivity index is 1.66. The molecule has 0 spiro atoms. The van der Waals surface area contributed by atoms with E-state index in [0.717, 1.165) is 25.0 Å². The number of ether oxygens (including phenoxy) is 1. The molecule has 0 aromatic carbocycles. The highest BCUT2D eigenvalue weighted by atomic mass is 16.5. The Hall–Kier alpha value is -2.15. The highest BCUT2D eigenvalue weighted by molar-refractivity contribution is 5.89. The second kappa shape index (κ2) is 6.76. The molecule has 1 unspecified atom stereocenters. The zero-order valence-electron chi connectivity index (χ0n) is 13.9. The average molecular weight is 333 g/mol. The molecule has 2 aliphatic rings. The lowest BCUT2D eigenvalue weighted by molar-refractivity contribution is -0.151. The van der Waals surface area contributed by atoms with E-state index in [4.69, 9.17) is 4.74 Å². The van der Waals surface area contributed by atoms with Gasteiger partial charge in [0.05, 0.1) is 6.61 Å². The van der Waals surface area contributed by atoms with Crippen LogP contribution in [-0.4, -0.2) is 53.8 Å². The summed E-state index contributed by atoms with van der Waals surface area (Å²) in [4.78, 5) is 30.0. The van der Waals surface area contributed by atoms with Crippen LogP contribution in [0, 0.1) is 5.41 Å². The van der Waals surface area contributed by atoms with Gasteiger partial charge in [0.2, 0.25) is 0 Å². The normalized spacial score (nSPS) is 23.0. The summed E-state index contributed by atoms with van der Waals surface area (Å²) in [6, 6.07) is 3.53. The van der Waals surface area contributed by atoms with Crippen molar-refractivity contribution in [3.63, 3.8) is 0 Å². The number of aryl methyl sites for hydroxylation is 2. The molecule has 1 atom stereocenters. The van der Waals surface area contributed by atoms with Crippen molar-refractivity contribution >= 4 is 17.8 Å². The number of carbonyl (C=O) groups is 2. The predicted octanol–water partition coefficient (Wildman–Crippen LogP) is 1.92. The van der Waals surface area contributed by atoms with Gasteiger partial charge in [-0.3, -0.25) is 10.1 Å². The van der Waals surface area contributed by atoms with Gasteiger partial charge in [0.25, 0.3) is 0 Å². The SMILES string of the molecule is COCC1(C(=O)O)CCN(C(=O)Nc2ccc3c(n2)CCCC3)C1. The molecule has 1 fully saturated rings. The summed E-state index contributed by atoms with van der Waals surface area (Å²) in [5.41, 5.74) is 1.29. The average Bonchev–Trinajstić information content (AvgIpc) is 3.01. The zero-order chi connectivity index (χ0) is 17.2. The van der Waals surface area contributed by atoms with Crippen molar-refractivity contribution < 1.29 is 19.4 Å². The maximum atomic E-state index is 12.4. The third-order valence-electron chi connectivity index (χ3n) is 4.93. The number of amides is 2. The van der Waals surface area contributed by atoms with Crippen molar-refractivity contribution in [2.75, 3.05) is 32.1 Å². The van der Waals surface area contributed by atoms with Crippen molar-refractivity contribution in [1.82, 2.24) is 9.88 Å². The van der Waals surface area contributed by atoms with E-state index in [9.17, 15) is 14.7 Å². The van der Waals surface area contributed by atoms with E-state index < -0.39 is 11.4 Å². The molecular weight excluding hydrogens is 310 g/mol. The van der Waals surface area contributed by atoms with Gasteiger partial charge >= 0.3 is 12.0 Å². The van der Waals surface area contributed by atoms with Crippen LogP contribution in [0.3, 0.4) is 0 Å². The number of aromatic nitrogens is 1.